The number of hydrogen-bond acceptors (Lipinski definition) is 3. The third kappa shape index (κ3) is 5.21. The van der Waals surface area contributed by atoms with Gasteiger partial charge in [-0.2, -0.15) is 0 Å². The van der Waals surface area contributed by atoms with Crippen LogP contribution in [0, 0.1) is 5.92 Å². The van der Waals surface area contributed by atoms with Crippen molar-refractivity contribution in [3.63, 3.8) is 0 Å². The van der Waals surface area contributed by atoms with Crippen LogP contribution in [0.25, 0.3) is 0 Å². The lowest BCUT2D eigenvalue weighted by Crippen LogP contribution is -2.22. The largest absolute Gasteiger partial charge is 0.493 e. The van der Waals surface area contributed by atoms with Crippen molar-refractivity contribution < 1.29 is 9.84 Å². The zero-order valence-electron chi connectivity index (χ0n) is 12.4. The summed E-state index contributed by atoms with van der Waals surface area (Å²) in [5.41, 5.74) is 1.21. The number of aliphatic hydroxyl groups is 1. The fourth-order valence-corrected chi connectivity index (χ4v) is 1.98. The Labute approximate surface area is 117 Å². The van der Waals surface area contributed by atoms with Crippen molar-refractivity contribution >= 4 is 0 Å². The van der Waals surface area contributed by atoms with Crippen LogP contribution in [0.5, 0.6) is 5.75 Å². The summed E-state index contributed by atoms with van der Waals surface area (Å²) in [6.45, 7) is 8.06. The molecule has 0 fully saturated rings. The van der Waals surface area contributed by atoms with Crippen molar-refractivity contribution in [2.24, 2.45) is 5.92 Å². The maximum Gasteiger partial charge on any atom is 0.124 e. The molecule has 0 heterocycles. The molecule has 0 bridgehead atoms. The third-order valence-corrected chi connectivity index (χ3v) is 3.18. The van der Waals surface area contributed by atoms with Gasteiger partial charge in [0.1, 0.15) is 5.75 Å². The maximum absolute atomic E-state index is 9.06. The summed E-state index contributed by atoms with van der Waals surface area (Å²) in [5, 5.41) is 12.6. The molecular weight excluding hydrogens is 238 g/mol. The zero-order valence-corrected chi connectivity index (χ0v) is 12.4. The van der Waals surface area contributed by atoms with Gasteiger partial charge in [-0.1, -0.05) is 39.0 Å². The summed E-state index contributed by atoms with van der Waals surface area (Å²) in [6, 6.07) is 8.51. The number of benzene rings is 1. The first-order valence-corrected chi connectivity index (χ1v) is 7.28. The van der Waals surface area contributed by atoms with Crippen LogP contribution in [0.1, 0.15) is 45.2 Å². The minimum atomic E-state index is 0.160. The highest BCUT2D eigenvalue weighted by Crippen LogP contribution is 2.27. The van der Waals surface area contributed by atoms with Crippen molar-refractivity contribution in [3.8, 4) is 5.75 Å². The van der Waals surface area contributed by atoms with Gasteiger partial charge in [0.05, 0.1) is 6.61 Å². The number of hydrogen-bond donors (Lipinski definition) is 2. The van der Waals surface area contributed by atoms with Gasteiger partial charge in [0.2, 0.25) is 0 Å². The molecule has 0 aliphatic rings. The fourth-order valence-electron chi connectivity index (χ4n) is 1.98. The summed E-state index contributed by atoms with van der Waals surface area (Å²) in [4.78, 5) is 0. The Morgan fingerprint density at radius 1 is 1.26 bits per heavy atom. The lowest BCUT2D eigenvalue weighted by Gasteiger charge is -2.21. The second-order valence-electron chi connectivity index (χ2n) is 5.05. The van der Waals surface area contributed by atoms with Gasteiger partial charge in [-0.3, -0.25) is 0 Å². The smallest absolute Gasteiger partial charge is 0.124 e. The first-order chi connectivity index (χ1) is 9.22. The third-order valence-electron chi connectivity index (χ3n) is 3.18. The molecule has 0 aliphatic heterocycles. The van der Waals surface area contributed by atoms with Crippen molar-refractivity contribution in [3.05, 3.63) is 29.8 Å². The number of nitrogens with one attached hydrogen (secondary N) is 1. The molecule has 19 heavy (non-hydrogen) atoms. The lowest BCUT2D eigenvalue weighted by molar-refractivity contribution is 0.173. The highest BCUT2D eigenvalue weighted by atomic mass is 16.5. The topological polar surface area (TPSA) is 41.5 Å². The van der Waals surface area contributed by atoms with Crippen LogP contribution in [0.3, 0.4) is 0 Å². The van der Waals surface area contributed by atoms with E-state index in [0.29, 0.717) is 12.6 Å². The molecule has 1 aromatic carbocycles. The van der Waals surface area contributed by atoms with Crippen molar-refractivity contribution in [2.45, 2.75) is 39.7 Å². The quantitative estimate of drug-likeness (QED) is 0.720. The second-order valence-corrected chi connectivity index (χ2v) is 5.05. The molecule has 0 aromatic heterocycles. The van der Waals surface area contributed by atoms with Crippen LogP contribution in [0.4, 0.5) is 0 Å². The summed E-state index contributed by atoms with van der Waals surface area (Å²) < 4.78 is 5.85. The number of rotatable bonds is 9. The van der Waals surface area contributed by atoms with Gasteiger partial charge >= 0.3 is 0 Å². The Kier molecular flexibility index (Phi) is 7.53. The SMILES string of the molecule is CCCNC(CC)c1ccccc1OCC(C)CO. The Hall–Kier alpha value is -1.06. The molecule has 3 nitrogen and oxygen atoms in total. The number of para-hydroxylation sites is 1. The zero-order chi connectivity index (χ0) is 14.1. The van der Waals surface area contributed by atoms with Crippen LogP contribution in [0.15, 0.2) is 24.3 Å². The number of aliphatic hydroxyl groups excluding tert-OH is 1. The molecule has 2 N–H and O–H groups in total. The van der Waals surface area contributed by atoms with Gasteiger partial charge in [0, 0.05) is 24.1 Å². The molecule has 0 aliphatic carbocycles. The minimum absolute atomic E-state index is 0.160. The predicted molar refractivity (Wildman–Crippen MR) is 79.5 cm³/mol. The van der Waals surface area contributed by atoms with Gasteiger partial charge in [0.15, 0.2) is 0 Å². The summed E-state index contributed by atoms with van der Waals surface area (Å²) >= 11 is 0. The Morgan fingerprint density at radius 2 is 2.00 bits per heavy atom. The van der Waals surface area contributed by atoms with Crippen molar-refractivity contribution in [1.82, 2.24) is 5.32 Å². The normalized spacial score (nSPS) is 14.1. The predicted octanol–water partition coefficient (Wildman–Crippen LogP) is 3.14. The van der Waals surface area contributed by atoms with Gasteiger partial charge in [-0.25, -0.2) is 0 Å². The summed E-state index contributed by atoms with van der Waals surface area (Å²) in [5.74, 6) is 1.09. The fraction of sp³-hybridized carbons (Fsp3) is 0.625. The lowest BCUT2D eigenvalue weighted by atomic mass is 10.0. The van der Waals surface area contributed by atoms with E-state index >= 15 is 0 Å². The minimum Gasteiger partial charge on any atom is -0.493 e. The average molecular weight is 265 g/mol. The van der Waals surface area contributed by atoms with Gasteiger partial charge in [-0.15, -0.1) is 0 Å². The van der Waals surface area contributed by atoms with E-state index in [4.69, 9.17) is 9.84 Å². The summed E-state index contributed by atoms with van der Waals surface area (Å²) in [7, 11) is 0. The van der Waals surface area contributed by atoms with Gasteiger partial charge < -0.3 is 15.2 Å². The molecule has 0 spiro atoms. The van der Waals surface area contributed by atoms with E-state index in [-0.39, 0.29) is 12.5 Å². The second kappa shape index (κ2) is 8.94. The first kappa shape index (κ1) is 16.0. The van der Waals surface area contributed by atoms with Crippen LogP contribution < -0.4 is 10.1 Å². The molecule has 0 saturated heterocycles. The van der Waals surface area contributed by atoms with Crippen molar-refractivity contribution in [2.75, 3.05) is 19.8 Å². The molecular formula is C16H27NO2. The Morgan fingerprint density at radius 3 is 2.63 bits per heavy atom. The van der Waals surface area contributed by atoms with E-state index in [0.717, 1.165) is 25.1 Å². The molecule has 2 atom stereocenters. The van der Waals surface area contributed by atoms with Crippen LogP contribution >= 0.6 is 0 Å². The molecule has 1 aromatic rings. The van der Waals surface area contributed by atoms with Crippen LogP contribution in [0.2, 0.25) is 0 Å². The van der Waals surface area contributed by atoms with E-state index in [2.05, 4.69) is 25.2 Å². The van der Waals surface area contributed by atoms with Crippen LogP contribution in [-0.2, 0) is 0 Å². The molecule has 0 saturated carbocycles. The van der Waals surface area contributed by atoms with Gasteiger partial charge in [-0.05, 0) is 25.5 Å². The summed E-state index contributed by atoms with van der Waals surface area (Å²) in [6.07, 6.45) is 2.16. The monoisotopic (exact) mass is 265 g/mol. The molecule has 1 rings (SSSR count). The highest BCUT2D eigenvalue weighted by Gasteiger charge is 2.14. The van der Waals surface area contributed by atoms with E-state index < -0.39 is 0 Å². The molecule has 0 amide bonds. The van der Waals surface area contributed by atoms with Crippen molar-refractivity contribution in [1.29, 1.82) is 0 Å². The molecule has 108 valence electrons. The number of ether oxygens (including phenoxy) is 1. The Bertz CT molecular complexity index is 354. The standard InChI is InChI=1S/C16H27NO2/c1-4-10-17-15(5-2)14-8-6-7-9-16(14)19-12-13(3)11-18/h6-9,13,15,17-18H,4-5,10-12H2,1-3H3. The first-order valence-electron chi connectivity index (χ1n) is 7.28. The van der Waals surface area contributed by atoms with E-state index in [1.165, 1.54) is 5.56 Å². The molecule has 0 radical (unpaired) electrons. The highest BCUT2D eigenvalue weighted by molar-refractivity contribution is 5.35. The van der Waals surface area contributed by atoms with E-state index in [1.807, 2.05) is 25.1 Å². The molecule has 2 unspecified atom stereocenters. The van der Waals surface area contributed by atoms with E-state index in [1.54, 1.807) is 0 Å². The van der Waals surface area contributed by atoms with Crippen LogP contribution in [-0.4, -0.2) is 24.9 Å². The van der Waals surface area contributed by atoms with E-state index in [9.17, 15) is 0 Å². The maximum atomic E-state index is 9.06. The Balaban J connectivity index is 2.75. The molecule has 3 heteroatoms. The average Bonchev–Trinajstić information content (AvgIpc) is 2.46. The van der Waals surface area contributed by atoms with Gasteiger partial charge in [0.25, 0.3) is 0 Å².